The molecule has 32 heavy (non-hydrogen) atoms. The number of aliphatic hydroxyl groups excluding tert-OH is 1. The number of sulfonamides is 1. The van der Waals surface area contributed by atoms with Crippen molar-refractivity contribution in [2.75, 3.05) is 0 Å². The molecule has 0 saturated heterocycles. The summed E-state index contributed by atoms with van der Waals surface area (Å²) in [6, 6.07) is 6.89. The first-order valence-electron chi connectivity index (χ1n) is 12.2. The number of allylic oxidation sites excluding steroid dienone is 1. The average molecular weight is 457 g/mol. The molecule has 3 saturated carbocycles. The second kappa shape index (κ2) is 7.69. The van der Waals surface area contributed by atoms with Crippen molar-refractivity contribution >= 4 is 15.7 Å². The summed E-state index contributed by atoms with van der Waals surface area (Å²) in [4.78, 5) is 2.80. The number of nitrogens with zero attached hydrogens (tertiary/aromatic N) is 1. The summed E-state index contributed by atoms with van der Waals surface area (Å²) in [6.07, 6.45) is 10.4. The van der Waals surface area contributed by atoms with Crippen LogP contribution in [0.3, 0.4) is 0 Å². The Balaban J connectivity index is 1.38. The highest BCUT2D eigenvalue weighted by molar-refractivity contribution is 7.89. The number of aryl methyl sites for hydroxylation is 1. The highest BCUT2D eigenvalue weighted by atomic mass is 32.2. The van der Waals surface area contributed by atoms with Gasteiger partial charge in [0.15, 0.2) is 0 Å². The smallest absolute Gasteiger partial charge is 0.276 e. The lowest BCUT2D eigenvalue weighted by Gasteiger charge is -2.57. The lowest BCUT2D eigenvalue weighted by atomic mass is 9.48. The highest BCUT2D eigenvalue weighted by Gasteiger charge is 2.57. The molecule has 0 amide bonds. The number of aliphatic hydroxyl groups is 1. The number of hydrogen-bond acceptors (Lipinski definition) is 4. The fourth-order valence-corrected chi connectivity index (χ4v) is 8.33. The molecule has 0 unspecified atom stereocenters. The summed E-state index contributed by atoms with van der Waals surface area (Å²) in [6.45, 7) is 6.69. The number of fused-ring (bicyclic) bond motifs is 5. The van der Waals surface area contributed by atoms with Crippen LogP contribution in [0.4, 0.5) is 0 Å². The predicted molar refractivity (Wildman–Crippen MR) is 127 cm³/mol. The first-order chi connectivity index (χ1) is 15.1. The van der Waals surface area contributed by atoms with Crippen molar-refractivity contribution in [3.63, 3.8) is 0 Å². The zero-order valence-corrected chi connectivity index (χ0v) is 20.3. The van der Waals surface area contributed by atoms with Crippen molar-refractivity contribution in [2.24, 2.45) is 33.7 Å². The Labute approximate surface area is 192 Å². The molecule has 5 rings (SSSR count). The van der Waals surface area contributed by atoms with Gasteiger partial charge in [-0.25, -0.2) is 4.83 Å². The summed E-state index contributed by atoms with van der Waals surface area (Å²) in [5, 5.41) is 14.7. The van der Waals surface area contributed by atoms with Crippen molar-refractivity contribution in [2.45, 2.75) is 83.1 Å². The molecule has 1 aromatic carbocycles. The fourth-order valence-electron chi connectivity index (χ4n) is 7.50. The first-order valence-corrected chi connectivity index (χ1v) is 13.6. The predicted octanol–water partition coefficient (Wildman–Crippen LogP) is 4.95. The van der Waals surface area contributed by atoms with Gasteiger partial charge in [-0.3, -0.25) is 0 Å². The van der Waals surface area contributed by atoms with Crippen molar-refractivity contribution in [1.29, 1.82) is 0 Å². The Morgan fingerprint density at radius 1 is 1.03 bits per heavy atom. The minimum absolute atomic E-state index is 0.0349. The van der Waals surface area contributed by atoms with Gasteiger partial charge in [-0.15, -0.1) is 0 Å². The molecule has 4 aliphatic rings. The molecule has 4 aliphatic carbocycles. The van der Waals surface area contributed by atoms with Crippen LogP contribution < -0.4 is 4.83 Å². The molecule has 1 aromatic rings. The van der Waals surface area contributed by atoms with Gasteiger partial charge >= 0.3 is 0 Å². The molecular formula is C26H36N2O3S. The molecule has 0 radical (unpaired) electrons. The lowest BCUT2D eigenvalue weighted by Crippen LogP contribution is -2.50. The maximum Gasteiger partial charge on any atom is 0.276 e. The monoisotopic (exact) mass is 456 g/mol. The molecule has 0 bridgehead atoms. The van der Waals surface area contributed by atoms with Crippen molar-refractivity contribution in [3.8, 4) is 0 Å². The van der Waals surface area contributed by atoms with E-state index in [4.69, 9.17) is 0 Å². The summed E-state index contributed by atoms with van der Waals surface area (Å²) in [5.41, 5.74) is 3.72. The van der Waals surface area contributed by atoms with Gasteiger partial charge in [0, 0.05) is 11.1 Å². The fraction of sp³-hybridized carbons (Fsp3) is 0.654. The molecule has 174 valence electrons. The van der Waals surface area contributed by atoms with Crippen molar-refractivity contribution in [1.82, 2.24) is 4.83 Å². The molecule has 0 spiro atoms. The maximum atomic E-state index is 12.8. The SMILES string of the molecule is Cc1ccc(S(=O)(=O)NN=C2CC[C@H]3[C@@H]4CC=C5C[C@@H](O)CC[C@]5(C)[C@H]4CC[C@]23C)cc1. The summed E-state index contributed by atoms with van der Waals surface area (Å²) in [5.74, 6) is 1.83. The van der Waals surface area contributed by atoms with E-state index in [1.54, 1.807) is 12.1 Å². The van der Waals surface area contributed by atoms with Crippen LogP contribution in [0.2, 0.25) is 0 Å². The quantitative estimate of drug-likeness (QED) is 0.499. The Hall–Kier alpha value is -1.66. The van der Waals surface area contributed by atoms with Gasteiger partial charge in [0.25, 0.3) is 10.0 Å². The van der Waals surface area contributed by atoms with E-state index in [1.807, 2.05) is 19.1 Å². The van der Waals surface area contributed by atoms with Crippen LogP contribution in [-0.4, -0.2) is 25.3 Å². The third-order valence-corrected chi connectivity index (χ3v) is 10.7. The second-order valence-corrected chi connectivity index (χ2v) is 12.8. The van der Waals surface area contributed by atoms with Crippen molar-refractivity contribution < 1.29 is 13.5 Å². The minimum Gasteiger partial charge on any atom is -0.393 e. The zero-order valence-electron chi connectivity index (χ0n) is 19.5. The van der Waals surface area contributed by atoms with Gasteiger partial charge in [0.2, 0.25) is 0 Å². The van der Waals surface area contributed by atoms with Crippen LogP contribution in [0.1, 0.15) is 70.8 Å². The summed E-state index contributed by atoms with van der Waals surface area (Å²) < 4.78 is 25.5. The number of rotatable bonds is 3. The van der Waals surface area contributed by atoms with Crippen molar-refractivity contribution in [3.05, 3.63) is 41.5 Å². The Bertz CT molecular complexity index is 1060. The molecular weight excluding hydrogens is 420 g/mol. The van der Waals surface area contributed by atoms with Crippen LogP contribution in [-0.2, 0) is 10.0 Å². The van der Waals surface area contributed by atoms with Crippen LogP contribution >= 0.6 is 0 Å². The first kappa shape index (κ1) is 22.1. The Morgan fingerprint density at radius 3 is 2.47 bits per heavy atom. The van der Waals surface area contributed by atoms with Crippen LogP contribution in [0, 0.1) is 35.5 Å². The van der Waals surface area contributed by atoms with Gasteiger partial charge in [0.05, 0.1) is 11.0 Å². The number of benzene rings is 1. The van der Waals surface area contributed by atoms with E-state index >= 15 is 0 Å². The van der Waals surface area contributed by atoms with Crippen LogP contribution in [0.25, 0.3) is 0 Å². The van der Waals surface area contributed by atoms with Crippen LogP contribution in [0.15, 0.2) is 45.9 Å². The molecule has 3 fully saturated rings. The molecule has 2 N–H and O–H groups in total. The Kier molecular flexibility index (Phi) is 5.33. The zero-order chi connectivity index (χ0) is 22.7. The van der Waals surface area contributed by atoms with Gasteiger partial charge in [-0.05, 0) is 93.6 Å². The third-order valence-electron chi connectivity index (χ3n) is 9.45. The van der Waals surface area contributed by atoms with E-state index in [2.05, 4.69) is 29.9 Å². The van der Waals surface area contributed by atoms with E-state index in [9.17, 15) is 13.5 Å². The molecule has 6 heteroatoms. The molecule has 5 nitrogen and oxygen atoms in total. The van der Waals surface area contributed by atoms with Gasteiger partial charge in [-0.1, -0.05) is 43.2 Å². The lowest BCUT2D eigenvalue weighted by molar-refractivity contribution is -0.0209. The number of nitrogens with one attached hydrogen (secondary N) is 1. The van der Waals surface area contributed by atoms with Gasteiger partial charge in [-0.2, -0.15) is 13.5 Å². The molecule has 6 atom stereocenters. The molecule has 0 aromatic heterocycles. The largest absolute Gasteiger partial charge is 0.393 e. The van der Waals surface area contributed by atoms with Gasteiger partial charge in [0.1, 0.15) is 0 Å². The molecule has 0 heterocycles. The van der Waals surface area contributed by atoms with Crippen LogP contribution in [0.5, 0.6) is 0 Å². The molecule has 0 aliphatic heterocycles. The third kappa shape index (κ3) is 3.45. The topological polar surface area (TPSA) is 78.8 Å². The maximum absolute atomic E-state index is 12.8. The van der Waals surface area contributed by atoms with E-state index < -0.39 is 10.0 Å². The van der Waals surface area contributed by atoms with E-state index in [1.165, 1.54) is 5.57 Å². The average Bonchev–Trinajstić information content (AvgIpc) is 3.09. The minimum atomic E-state index is -3.65. The number of hydrogen-bond donors (Lipinski definition) is 2. The normalized spacial score (nSPS) is 40.2. The highest BCUT2D eigenvalue weighted by Crippen LogP contribution is 2.64. The van der Waals surface area contributed by atoms with E-state index in [0.717, 1.165) is 62.6 Å². The van der Waals surface area contributed by atoms with E-state index in [-0.39, 0.29) is 21.8 Å². The standard InChI is InChI=1S/C26H36N2O3S/c1-17-4-7-20(8-5-17)32(30,31)28-27-24-11-10-22-21-9-6-18-16-19(29)12-14-25(18,2)23(21)13-15-26(22,24)3/h4-8,19,21-23,28-29H,9-16H2,1-3H3/t19-,21-,22-,23-,25-,26-/m0/s1. The van der Waals surface area contributed by atoms with E-state index in [0.29, 0.717) is 17.8 Å². The summed E-state index contributed by atoms with van der Waals surface area (Å²) in [7, 11) is -3.65. The second-order valence-electron chi connectivity index (χ2n) is 11.1. The van der Waals surface area contributed by atoms with Gasteiger partial charge < -0.3 is 5.11 Å². The Morgan fingerprint density at radius 2 is 1.72 bits per heavy atom. The summed E-state index contributed by atoms with van der Waals surface area (Å²) >= 11 is 0. The number of hydrazone groups is 1.